The highest BCUT2D eigenvalue weighted by Gasteiger charge is 2.21. The van der Waals surface area contributed by atoms with E-state index in [-0.39, 0.29) is 11.9 Å². The maximum atomic E-state index is 12.3. The Morgan fingerprint density at radius 1 is 1.24 bits per heavy atom. The lowest BCUT2D eigenvalue weighted by atomic mass is 10.2. The van der Waals surface area contributed by atoms with Crippen LogP contribution in [-0.4, -0.2) is 31.1 Å². The second-order valence-corrected chi connectivity index (χ2v) is 6.00. The number of rotatable bonds is 5. The summed E-state index contributed by atoms with van der Waals surface area (Å²) in [5, 5.41) is 5.58. The average molecular weight is 339 g/mol. The highest BCUT2D eigenvalue weighted by atomic mass is 16.5. The van der Waals surface area contributed by atoms with Gasteiger partial charge in [0.25, 0.3) is 5.91 Å². The second-order valence-electron chi connectivity index (χ2n) is 6.00. The van der Waals surface area contributed by atoms with Crippen molar-refractivity contribution >= 4 is 23.3 Å². The molecule has 6 heteroatoms. The van der Waals surface area contributed by atoms with Gasteiger partial charge in [-0.2, -0.15) is 0 Å². The smallest absolute Gasteiger partial charge is 0.321 e. The Kier molecular flexibility index (Phi) is 4.88. The summed E-state index contributed by atoms with van der Waals surface area (Å²) in [7, 11) is 0. The molecule has 0 saturated carbocycles. The van der Waals surface area contributed by atoms with Crippen molar-refractivity contribution < 1.29 is 14.3 Å². The molecular weight excluding hydrogens is 318 g/mol. The zero-order chi connectivity index (χ0) is 17.8. The Morgan fingerprint density at radius 2 is 2.00 bits per heavy atom. The van der Waals surface area contributed by atoms with Gasteiger partial charge in [0.15, 0.2) is 6.10 Å². The van der Waals surface area contributed by atoms with E-state index in [1.165, 1.54) is 0 Å². The molecule has 0 radical (unpaired) electrons. The van der Waals surface area contributed by atoms with E-state index < -0.39 is 6.10 Å². The first-order valence-corrected chi connectivity index (χ1v) is 8.22. The number of carbonyl (C=O) groups is 2. The number of ether oxygens (including phenoxy) is 1. The van der Waals surface area contributed by atoms with Crippen molar-refractivity contribution in [1.29, 1.82) is 0 Å². The lowest BCUT2D eigenvalue weighted by Gasteiger charge is -2.17. The Morgan fingerprint density at radius 3 is 2.64 bits per heavy atom. The van der Waals surface area contributed by atoms with Crippen LogP contribution in [0.25, 0.3) is 0 Å². The van der Waals surface area contributed by atoms with Crippen LogP contribution >= 0.6 is 0 Å². The third-order valence-corrected chi connectivity index (χ3v) is 3.97. The van der Waals surface area contributed by atoms with E-state index in [2.05, 4.69) is 10.6 Å². The molecule has 0 spiro atoms. The van der Waals surface area contributed by atoms with Crippen molar-refractivity contribution in [2.45, 2.75) is 20.0 Å². The summed E-state index contributed by atoms with van der Waals surface area (Å²) in [4.78, 5) is 25.6. The molecule has 1 unspecified atom stereocenters. The predicted molar refractivity (Wildman–Crippen MR) is 97.1 cm³/mol. The maximum absolute atomic E-state index is 12.3. The van der Waals surface area contributed by atoms with Gasteiger partial charge in [-0.1, -0.05) is 12.1 Å². The van der Waals surface area contributed by atoms with Crippen molar-refractivity contribution in [3.05, 3.63) is 54.1 Å². The summed E-state index contributed by atoms with van der Waals surface area (Å²) in [5.41, 5.74) is 2.54. The molecule has 1 saturated heterocycles. The lowest BCUT2D eigenvalue weighted by molar-refractivity contribution is -0.122. The monoisotopic (exact) mass is 339 g/mol. The molecule has 1 atom stereocenters. The van der Waals surface area contributed by atoms with Gasteiger partial charge in [0.2, 0.25) is 0 Å². The van der Waals surface area contributed by atoms with Gasteiger partial charge in [-0.25, -0.2) is 4.79 Å². The summed E-state index contributed by atoms with van der Waals surface area (Å²) in [6, 6.07) is 14.7. The Bertz CT molecular complexity index is 774. The molecule has 1 aliphatic rings. The summed E-state index contributed by atoms with van der Waals surface area (Å²) in [5.74, 6) is 0.436. The van der Waals surface area contributed by atoms with Crippen LogP contribution in [0, 0.1) is 6.92 Å². The standard InChI is InChI=1S/C19H21N3O3/c1-13-4-3-5-17(12-13)25-14(2)18(23)21-15-6-8-16(9-7-15)22-11-10-20-19(22)24/h3-9,12,14H,10-11H2,1-2H3,(H,20,24)(H,21,23). The fourth-order valence-corrected chi connectivity index (χ4v) is 2.63. The molecule has 25 heavy (non-hydrogen) atoms. The molecule has 130 valence electrons. The first-order valence-electron chi connectivity index (χ1n) is 8.22. The van der Waals surface area contributed by atoms with E-state index in [0.29, 0.717) is 24.5 Å². The normalized spacial score (nSPS) is 14.8. The largest absolute Gasteiger partial charge is 0.481 e. The molecule has 0 aliphatic carbocycles. The Balaban J connectivity index is 1.59. The molecule has 0 aromatic heterocycles. The van der Waals surface area contributed by atoms with E-state index in [1.54, 1.807) is 24.0 Å². The van der Waals surface area contributed by atoms with Gasteiger partial charge in [-0.15, -0.1) is 0 Å². The van der Waals surface area contributed by atoms with Crippen LogP contribution < -0.4 is 20.3 Å². The summed E-state index contributed by atoms with van der Waals surface area (Å²) >= 11 is 0. The lowest BCUT2D eigenvalue weighted by Crippen LogP contribution is -2.30. The average Bonchev–Trinajstić information content (AvgIpc) is 3.01. The molecular formula is C19H21N3O3. The highest BCUT2D eigenvalue weighted by molar-refractivity contribution is 5.96. The predicted octanol–water partition coefficient (Wildman–Crippen LogP) is 2.93. The molecule has 1 fully saturated rings. The molecule has 3 rings (SSSR count). The Labute approximate surface area is 146 Å². The van der Waals surface area contributed by atoms with Crippen LogP contribution in [0.1, 0.15) is 12.5 Å². The topological polar surface area (TPSA) is 70.7 Å². The fraction of sp³-hybridized carbons (Fsp3) is 0.263. The number of amides is 3. The van der Waals surface area contributed by atoms with E-state index in [9.17, 15) is 9.59 Å². The van der Waals surface area contributed by atoms with Crippen LogP contribution in [0.5, 0.6) is 5.75 Å². The molecule has 3 amide bonds. The van der Waals surface area contributed by atoms with Gasteiger partial charge in [0.1, 0.15) is 5.75 Å². The minimum Gasteiger partial charge on any atom is -0.481 e. The van der Waals surface area contributed by atoms with Crippen molar-refractivity contribution in [1.82, 2.24) is 5.32 Å². The summed E-state index contributed by atoms with van der Waals surface area (Å²) < 4.78 is 5.68. The van der Waals surface area contributed by atoms with Crippen molar-refractivity contribution in [3.8, 4) is 5.75 Å². The SMILES string of the molecule is Cc1cccc(OC(C)C(=O)Nc2ccc(N3CCNC3=O)cc2)c1. The van der Waals surface area contributed by atoms with E-state index >= 15 is 0 Å². The number of nitrogens with one attached hydrogen (secondary N) is 2. The number of hydrogen-bond acceptors (Lipinski definition) is 3. The van der Waals surface area contributed by atoms with Gasteiger partial charge in [-0.3, -0.25) is 9.69 Å². The first kappa shape index (κ1) is 16.8. The number of nitrogens with zero attached hydrogens (tertiary/aromatic N) is 1. The van der Waals surface area contributed by atoms with Gasteiger partial charge >= 0.3 is 6.03 Å². The maximum Gasteiger partial charge on any atom is 0.321 e. The van der Waals surface area contributed by atoms with E-state index in [1.807, 2.05) is 43.3 Å². The van der Waals surface area contributed by atoms with Crippen molar-refractivity contribution in [2.75, 3.05) is 23.3 Å². The molecule has 1 aliphatic heterocycles. The minimum absolute atomic E-state index is 0.100. The zero-order valence-corrected chi connectivity index (χ0v) is 14.3. The van der Waals surface area contributed by atoms with E-state index in [0.717, 1.165) is 11.3 Å². The summed E-state index contributed by atoms with van der Waals surface area (Å²) in [6.07, 6.45) is -0.620. The fourth-order valence-electron chi connectivity index (χ4n) is 2.63. The summed E-state index contributed by atoms with van der Waals surface area (Å²) in [6.45, 7) is 4.97. The van der Waals surface area contributed by atoms with Gasteiger partial charge < -0.3 is 15.4 Å². The highest BCUT2D eigenvalue weighted by Crippen LogP contribution is 2.20. The quantitative estimate of drug-likeness (QED) is 0.880. The van der Waals surface area contributed by atoms with Crippen molar-refractivity contribution in [2.24, 2.45) is 0 Å². The van der Waals surface area contributed by atoms with Gasteiger partial charge in [0.05, 0.1) is 0 Å². The Hall–Kier alpha value is -3.02. The molecule has 2 aromatic carbocycles. The number of benzene rings is 2. The number of hydrogen-bond donors (Lipinski definition) is 2. The third-order valence-electron chi connectivity index (χ3n) is 3.97. The van der Waals surface area contributed by atoms with Crippen LogP contribution in [0.4, 0.5) is 16.2 Å². The second kappa shape index (κ2) is 7.25. The van der Waals surface area contributed by atoms with Crippen LogP contribution in [-0.2, 0) is 4.79 Å². The van der Waals surface area contributed by atoms with Gasteiger partial charge in [-0.05, 0) is 55.8 Å². The van der Waals surface area contributed by atoms with E-state index in [4.69, 9.17) is 4.74 Å². The molecule has 1 heterocycles. The zero-order valence-electron chi connectivity index (χ0n) is 14.3. The molecule has 2 aromatic rings. The number of aryl methyl sites for hydroxylation is 1. The van der Waals surface area contributed by atoms with Crippen LogP contribution in [0.15, 0.2) is 48.5 Å². The van der Waals surface area contributed by atoms with Gasteiger partial charge in [0, 0.05) is 24.5 Å². The van der Waals surface area contributed by atoms with Crippen LogP contribution in [0.3, 0.4) is 0 Å². The molecule has 6 nitrogen and oxygen atoms in total. The number of anilines is 2. The number of urea groups is 1. The minimum atomic E-state index is -0.620. The first-order chi connectivity index (χ1) is 12.0. The van der Waals surface area contributed by atoms with Crippen LogP contribution in [0.2, 0.25) is 0 Å². The molecule has 0 bridgehead atoms. The van der Waals surface area contributed by atoms with Crippen molar-refractivity contribution in [3.63, 3.8) is 0 Å². The molecule has 2 N–H and O–H groups in total. The third kappa shape index (κ3) is 4.09. The number of carbonyl (C=O) groups excluding carboxylic acids is 2.